The molecule has 5 heavy (non-hydrogen) atoms. The van der Waals surface area contributed by atoms with Crippen molar-refractivity contribution in [2.75, 3.05) is 6.93 Å². The molecule has 0 aromatic rings. The summed E-state index contributed by atoms with van der Waals surface area (Å²) in [6.45, 7) is -1.75. The van der Waals surface area contributed by atoms with Gasteiger partial charge in [0.25, 0.3) is 0 Å². The Balaban J connectivity index is -0.0000000200. The average molecular weight is 90.0 g/mol. The zero-order valence-corrected chi connectivity index (χ0v) is 2.22. The zero-order valence-electron chi connectivity index (χ0n) is 2.22. The van der Waals surface area contributed by atoms with Crippen LogP contribution < -0.4 is 9.41 Å². The Morgan fingerprint density at radius 3 is 1.00 bits per heavy atom. The first-order chi connectivity index (χ1) is 1.41. The zero-order chi connectivity index (χ0) is 2.71. The molecule has 0 rings (SSSR count). The number of hydrogen-bond donors (Lipinski definition) is 0. The first-order valence-electron chi connectivity index (χ1n) is 0.535. The van der Waals surface area contributed by atoms with Crippen molar-refractivity contribution in [3.05, 3.63) is 0 Å². The van der Waals surface area contributed by atoms with Crippen molar-refractivity contribution < 1.29 is 18.2 Å². The van der Waals surface area contributed by atoms with Crippen LogP contribution >= 0.6 is 0 Å². The van der Waals surface area contributed by atoms with Gasteiger partial charge in [-0.2, -0.15) is 0 Å². The molecule has 0 aliphatic rings. The molecule has 0 aliphatic heterocycles. The Bertz CT molecular complexity index is 3.61. The van der Waals surface area contributed by atoms with E-state index in [1.54, 1.807) is 0 Å². The fourth-order valence-corrected chi connectivity index (χ4v) is 0. The summed E-state index contributed by atoms with van der Waals surface area (Å²) in [4.78, 5) is 0. The maximum Gasteiger partial charge on any atom is 0.229 e. The standard InChI is InChI=1S/CH2F2.2FH/c2-1-3;;/h1H2;2*1H/p-2. The van der Waals surface area contributed by atoms with Gasteiger partial charge in [0.2, 0.25) is 6.93 Å². The molecule has 36 valence electrons. The molecule has 0 saturated carbocycles. The topological polar surface area (TPSA) is 0 Å². The third-order valence-corrected chi connectivity index (χ3v) is 0. The Morgan fingerprint density at radius 1 is 1.00 bits per heavy atom. The monoisotopic (exact) mass is 90.0 g/mol. The van der Waals surface area contributed by atoms with Crippen LogP contribution in [0.5, 0.6) is 0 Å². The first kappa shape index (κ1) is 22.1. The van der Waals surface area contributed by atoms with Gasteiger partial charge in [-0.15, -0.1) is 0 Å². The summed E-state index contributed by atoms with van der Waals surface area (Å²) in [5.41, 5.74) is 0. The van der Waals surface area contributed by atoms with Gasteiger partial charge in [-0.05, 0) is 0 Å². The summed E-state index contributed by atoms with van der Waals surface area (Å²) >= 11 is 0. The van der Waals surface area contributed by atoms with Crippen LogP contribution in [0.1, 0.15) is 0 Å². The summed E-state index contributed by atoms with van der Waals surface area (Å²) in [5.74, 6) is 0. The van der Waals surface area contributed by atoms with Gasteiger partial charge in [-0.1, -0.05) is 0 Å². The minimum Gasteiger partial charge on any atom is -1.00 e. The van der Waals surface area contributed by atoms with E-state index in [0.29, 0.717) is 0 Å². The van der Waals surface area contributed by atoms with Gasteiger partial charge in [0.05, 0.1) is 0 Å². The average Bonchev–Trinajstić information content (AvgIpc) is 0.918. The third-order valence-electron chi connectivity index (χ3n) is 0. The highest BCUT2D eigenvalue weighted by Crippen LogP contribution is 1.56. The Hall–Kier alpha value is -0.280. The van der Waals surface area contributed by atoms with E-state index in [1.165, 1.54) is 0 Å². The van der Waals surface area contributed by atoms with E-state index < -0.39 is 6.93 Å². The fourth-order valence-electron chi connectivity index (χ4n) is 0. The largest absolute Gasteiger partial charge is 1.00 e. The predicted molar refractivity (Wildman–Crippen MR) is 7.08 cm³/mol. The molecule has 0 nitrogen and oxygen atoms in total. The van der Waals surface area contributed by atoms with E-state index in [1.807, 2.05) is 0 Å². The minimum atomic E-state index is -1.75. The van der Waals surface area contributed by atoms with E-state index in [-0.39, 0.29) is 9.41 Å². The number of rotatable bonds is 0. The highest BCUT2D eigenvalue weighted by molar-refractivity contribution is 3.57. The molecule has 0 heterocycles. The maximum atomic E-state index is 9.62. The molecule has 4 heteroatoms. The van der Waals surface area contributed by atoms with Gasteiger partial charge in [-0.3, -0.25) is 0 Å². The van der Waals surface area contributed by atoms with Crippen LogP contribution in [-0.2, 0) is 0 Å². The lowest BCUT2D eigenvalue weighted by Crippen LogP contribution is -3.00. The van der Waals surface area contributed by atoms with Crippen LogP contribution in [0.25, 0.3) is 0 Å². The number of hydrogen-bond acceptors (Lipinski definition) is 0. The molecule has 0 spiro atoms. The Labute approximate surface area is 26.5 Å². The van der Waals surface area contributed by atoms with Gasteiger partial charge in [0.15, 0.2) is 0 Å². The summed E-state index contributed by atoms with van der Waals surface area (Å²) in [5, 5.41) is 0. The second-order valence-electron chi connectivity index (χ2n) is 0.101. The molecular formula is CH2F4-2. The highest BCUT2D eigenvalue weighted by atomic mass is 19.3. The van der Waals surface area contributed by atoms with E-state index in [9.17, 15) is 8.78 Å². The van der Waals surface area contributed by atoms with Crippen LogP contribution in [0.15, 0.2) is 0 Å². The van der Waals surface area contributed by atoms with Crippen LogP contribution in [-0.4, -0.2) is 6.93 Å². The SMILES string of the molecule is FCF.[F-].[F-]. The molecule has 0 amide bonds. The summed E-state index contributed by atoms with van der Waals surface area (Å²) in [7, 11) is 0. The molecule has 0 aliphatic carbocycles. The first-order valence-corrected chi connectivity index (χ1v) is 0.535. The molecule has 0 aromatic carbocycles. The second kappa shape index (κ2) is 53.1. The minimum absolute atomic E-state index is 0. The van der Waals surface area contributed by atoms with Crippen molar-refractivity contribution in [3.8, 4) is 0 Å². The summed E-state index contributed by atoms with van der Waals surface area (Å²) in [6, 6.07) is 0. The lowest BCUT2D eigenvalue weighted by molar-refractivity contribution is -0.00100. The van der Waals surface area contributed by atoms with Crippen LogP contribution in [0.3, 0.4) is 0 Å². The van der Waals surface area contributed by atoms with Crippen molar-refractivity contribution >= 4 is 0 Å². The fraction of sp³-hybridized carbons (Fsp3) is 1.00. The van der Waals surface area contributed by atoms with E-state index in [2.05, 4.69) is 0 Å². The number of halogens is 4. The Morgan fingerprint density at radius 2 is 1.00 bits per heavy atom. The smallest absolute Gasteiger partial charge is 0.229 e. The van der Waals surface area contributed by atoms with Gasteiger partial charge in [0, 0.05) is 0 Å². The van der Waals surface area contributed by atoms with Gasteiger partial charge in [-0.25, -0.2) is 8.78 Å². The van der Waals surface area contributed by atoms with Gasteiger partial charge >= 0.3 is 0 Å². The van der Waals surface area contributed by atoms with Gasteiger partial charge in [0.1, 0.15) is 0 Å². The lowest BCUT2D eigenvalue weighted by Gasteiger charge is -1.42. The molecule has 0 atom stereocenters. The van der Waals surface area contributed by atoms with E-state index in [4.69, 9.17) is 0 Å². The lowest BCUT2D eigenvalue weighted by atomic mass is 11.7. The van der Waals surface area contributed by atoms with Crippen molar-refractivity contribution in [2.24, 2.45) is 0 Å². The highest BCUT2D eigenvalue weighted by Gasteiger charge is 1.44. The molecule has 0 N–H and O–H groups in total. The summed E-state index contributed by atoms with van der Waals surface area (Å²) < 4.78 is 19.2. The predicted octanol–water partition coefficient (Wildman–Crippen LogP) is -5.11. The molecule has 0 bridgehead atoms. The molecule has 0 fully saturated rings. The van der Waals surface area contributed by atoms with E-state index >= 15 is 0 Å². The van der Waals surface area contributed by atoms with Gasteiger partial charge < -0.3 is 9.41 Å². The van der Waals surface area contributed by atoms with Crippen molar-refractivity contribution in [1.82, 2.24) is 0 Å². The van der Waals surface area contributed by atoms with Crippen LogP contribution in [0.4, 0.5) is 8.78 Å². The normalized spacial score (nSPS) is 3.60. The van der Waals surface area contributed by atoms with Crippen LogP contribution in [0, 0.1) is 0 Å². The quantitative estimate of drug-likeness (QED) is 0.261. The van der Waals surface area contributed by atoms with Crippen molar-refractivity contribution in [1.29, 1.82) is 0 Å². The van der Waals surface area contributed by atoms with E-state index in [0.717, 1.165) is 0 Å². The van der Waals surface area contributed by atoms with Crippen LogP contribution in [0.2, 0.25) is 0 Å². The Kier molecular flexibility index (Phi) is 234. The number of alkyl halides is 2. The summed E-state index contributed by atoms with van der Waals surface area (Å²) in [6.07, 6.45) is 0. The van der Waals surface area contributed by atoms with Crippen molar-refractivity contribution in [2.45, 2.75) is 0 Å². The molecule has 0 unspecified atom stereocenters. The molecule has 0 radical (unpaired) electrons. The second-order valence-corrected chi connectivity index (χ2v) is 0.101. The maximum absolute atomic E-state index is 9.62. The molecular weight excluding hydrogens is 88.0 g/mol. The van der Waals surface area contributed by atoms with Crippen molar-refractivity contribution in [3.63, 3.8) is 0 Å². The molecule has 0 saturated heterocycles. The molecule has 0 aromatic heterocycles. The third kappa shape index (κ3) is 140.